The molecule has 1 aromatic rings. The molecule has 1 aromatic heterocycles. The third-order valence-corrected chi connectivity index (χ3v) is 4.21. The molecule has 0 saturated carbocycles. The summed E-state index contributed by atoms with van der Waals surface area (Å²) in [5, 5.41) is 5.83. The van der Waals surface area contributed by atoms with Crippen molar-refractivity contribution < 1.29 is 0 Å². The Morgan fingerprint density at radius 3 is 2.89 bits per heavy atom. The van der Waals surface area contributed by atoms with E-state index in [0.29, 0.717) is 6.04 Å². The van der Waals surface area contributed by atoms with Gasteiger partial charge >= 0.3 is 0 Å². The molecule has 0 aromatic carbocycles. The fourth-order valence-electron chi connectivity index (χ4n) is 2.10. The van der Waals surface area contributed by atoms with E-state index in [1.165, 1.54) is 36.1 Å². The average Bonchev–Trinajstić information content (AvgIpc) is 2.88. The van der Waals surface area contributed by atoms with Crippen LogP contribution in [0, 0.1) is 0 Å². The molecule has 1 unspecified atom stereocenters. The van der Waals surface area contributed by atoms with Crippen molar-refractivity contribution in [2.24, 2.45) is 0 Å². The van der Waals surface area contributed by atoms with Crippen LogP contribution in [0.5, 0.6) is 0 Å². The molecule has 0 saturated heterocycles. The van der Waals surface area contributed by atoms with Gasteiger partial charge in [0.15, 0.2) is 0 Å². The molecule has 1 nitrogen and oxygen atoms in total. The molecule has 0 aliphatic heterocycles. The quantitative estimate of drug-likeness (QED) is 0.599. The van der Waals surface area contributed by atoms with E-state index in [1.54, 1.807) is 0 Å². The molecule has 1 atom stereocenters. The minimum absolute atomic E-state index is 0.623. The standard InChI is InChI=1S/C16H27NS/c1-4-11-17-15(13-14(3)5-2)8-6-9-16-10-7-12-18-16/h7,10,12,15,17H,3-6,8-9,11,13H2,1-2H3. The summed E-state index contributed by atoms with van der Waals surface area (Å²) in [6, 6.07) is 5.01. The van der Waals surface area contributed by atoms with Gasteiger partial charge in [-0.05, 0) is 56.5 Å². The summed E-state index contributed by atoms with van der Waals surface area (Å²) >= 11 is 1.87. The van der Waals surface area contributed by atoms with E-state index < -0.39 is 0 Å². The van der Waals surface area contributed by atoms with Crippen LogP contribution in [-0.2, 0) is 6.42 Å². The van der Waals surface area contributed by atoms with Crippen LogP contribution < -0.4 is 5.32 Å². The Hall–Kier alpha value is -0.600. The summed E-state index contributed by atoms with van der Waals surface area (Å²) in [5.41, 5.74) is 1.37. The number of thiophene rings is 1. The smallest absolute Gasteiger partial charge is 0.0104 e. The van der Waals surface area contributed by atoms with E-state index in [1.807, 2.05) is 11.3 Å². The molecule has 0 aliphatic carbocycles. The van der Waals surface area contributed by atoms with Gasteiger partial charge in [0.1, 0.15) is 0 Å². The zero-order valence-electron chi connectivity index (χ0n) is 11.9. The van der Waals surface area contributed by atoms with E-state index >= 15 is 0 Å². The lowest BCUT2D eigenvalue weighted by Crippen LogP contribution is -2.30. The van der Waals surface area contributed by atoms with Gasteiger partial charge in [0, 0.05) is 10.9 Å². The minimum atomic E-state index is 0.623. The van der Waals surface area contributed by atoms with Gasteiger partial charge in [-0.2, -0.15) is 0 Å². The molecule has 1 N–H and O–H groups in total. The van der Waals surface area contributed by atoms with Gasteiger partial charge in [-0.1, -0.05) is 32.1 Å². The lowest BCUT2D eigenvalue weighted by atomic mass is 10.00. The van der Waals surface area contributed by atoms with Crippen molar-refractivity contribution in [1.29, 1.82) is 0 Å². The van der Waals surface area contributed by atoms with E-state index in [2.05, 4.69) is 43.3 Å². The van der Waals surface area contributed by atoms with Crippen LogP contribution in [0.25, 0.3) is 0 Å². The molecular weight excluding hydrogens is 238 g/mol. The summed E-state index contributed by atoms with van der Waals surface area (Å²) < 4.78 is 0. The largest absolute Gasteiger partial charge is 0.314 e. The lowest BCUT2D eigenvalue weighted by Gasteiger charge is -2.19. The number of aryl methyl sites for hydroxylation is 1. The minimum Gasteiger partial charge on any atom is -0.314 e. The number of hydrogen-bond acceptors (Lipinski definition) is 2. The van der Waals surface area contributed by atoms with Gasteiger partial charge in [0.25, 0.3) is 0 Å². The van der Waals surface area contributed by atoms with Crippen molar-refractivity contribution in [2.75, 3.05) is 6.54 Å². The first-order valence-electron chi connectivity index (χ1n) is 7.18. The Labute approximate surface area is 116 Å². The average molecular weight is 265 g/mol. The Kier molecular flexibility index (Phi) is 8.03. The van der Waals surface area contributed by atoms with Crippen LogP contribution in [0.3, 0.4) is 0 Å². The lowest BCUT2D eigenvalue weighted by molar-refractivity contribution is 0.461. The number of nitrogens with one attached hydrogen (secondary N) is 1. The Morgan fingerprint density at radius 2 is 2.28 bits per heavy atom. The summed E-state index contributed by atoms with van der Waals surface area (Å²) in [6.07, 6.45) is 7.21. The van der Waals surface area contributed by atoms with Crippen LogP contribution in [0.1, 0.15) is 50.8 Å². The molecule has 0 radical (unpaired) electrons. The third-order valence-electron chi connectivity index (χ3n) is 3.27. The fourth-order valence-corrected chi connectivity index (χ4v) is 2.85. The molecule has 0 aliphatic rings. The van der Waals surface area contributed by atoms with Gasteiger partial charge in [0.05, 0.1) is 0 Å². The topological polar surface area (TPSA) is 12.0 Å². The number of rotatable bonds is 10. The first-order valence-corrected chi connectivity index (χ1v) is 8.06. The fraction of sp³-hybridized carbons (Fsp3) is 0.625. The maximum atomic E-state index is 4.14. The van der Waals surface area contributed by atoms with Crippen molar-refractivity contribution in [1.82, 2.24) is 5.32 Å². The van der Waals surface area contributed by atoms with Crippen molar-refractivity contribution in [3.05, 3.63) is 34.5 Å². The maximum Gasteiger partial charge on any atom is 0.0104 e. The van der Waals surface area contributed by atoms with Crippen molar-refractivity contribution in [2.45, 2.75) is 58.4 Å². The monoisotopic (exact) mass is 265 g/mol. The van der Waals surface area contributed by atoms with Crippen LogP contribution >= 0.6 is 11.3 Å². The molecule has 0 spiro atoms. The van der Waals surface area contributed by atoms with E-state index in [-0.39, 0.29) is 0 Å². The molecule has 2 heteroatoms. The Balaban J connectivity index is 2.28. The van der Waals surface area contributed by atoms with Crippen LogP contribution in [0.4, 0.5) is 0 Å². The second-order valence-corrected chi connectivity index (χ2v) is 5.96. The van der Waals surface area contributed by atoms with Gasteiger partial charge < -0.3 is 5.32 Å². The van der Waals surface area contributed by atoms with Crippen molar-refractivity contribution in [3.63, 3.8) is 0 Å². The SMILES string of the molecule is C=C(CC)CC(CCCc1cccs1)NCCC. The molecule has 1 heterocycles. The second kappa shape index (κ2) is 9.35. The summed E-state index contributed by atoms with van der Waals surface area (Å²) in [6.45, 7) is 9.69. The van der Waals surface area contributed by atoms with Crippen LogP contribution in [0.15, 0.2) is 29.7 Å². The van der Waals surface area contributed by atoms with Crippen molar-refractivity contribution >= 4 is 11.3 Å². The highest BCUT2D eigenvalue weighted by Gasteiger charge is 2.08. The van der Waals surface area contributed by atoms with Crippen molar-refractivity contribution in [3.8, 4) is 0 Å². The summed E-state index contributed by atoms with van der Waals surface area (Å²) in [5.74, 6) is 0. The first kappa shape index (κ1) is 15.5. The Bertz CT molecular complexity index is 316. The second-order valence-electron chi connectivity index (χ2n) is 4.93. The molecule has 0 fully saturated rings. The molecule has 18 heavy (non-hydrogen) atoms. The van der Waals surface area contributed by atoms with E-state index in [9.17, 15) is 0 Å². The highest BCUT2D eigenvalue weighted by Crippen LogP contribution is 2.16. The zero-order chi connectivity index (χ0) is 13.2. The summed E-state index contributed by atoms with van der Waals surface area (Å²) in [4.78, 5) is 1.51. The molecule has 1 rings (SSSR count). The third kappa shape index (κ3) is 6.36. The maximum absolute atomic E-state index is 4.14. The zero-order valence-corrected chi connectivity index (χ0v) is 12.7. The van der Waals surface area contributed by atoms with Gasteiger partial charge in [0.2, 0.25) is 0 Å². The number of hydrogen-bond donors (Lipinski definition) is 1. The van der Waals surface area contributed by atoms with E-state index in [4.69, 9.17) is 0 Å². The summed E-state index contributed by atoms with van der Waals surface area (Å²) in [7, 11) is 0. The van der Waals surface area contributed by atoms with E-state index in [0.717, 1.165) is 19.4 Å². The predicted molar refractivity (Wildman–Crippen MR) is 83.4 cm³/mol. The van der Waals surface area contributed by atoms with Gasteiger partial charge in [-0.3, -0.25) is 0 Å². The molecule has 102 valence electrons. The highest BCUT2D eigenvalue weighted by atomic mass is 32.1. The molecule has 0 amide bonds. The predicted octanol–water partition coefficient (Wildman–Crippen LogP) is 4.80. The first-order chi connectivity index (χ1) is 8.76. The van der Waals surface area contributed by atoms with Gasteiger partial charge in [-0.25, -0.2) is 0 Å². The normalized spacial score (nSPS) is 12.6. The Morgan fingerprint density at radius 1 is 1.44 bits per heavy atom. The molecule has 0 bridgehead atoms. The molecular formula is C16H27NS. The van der Waals surface area contributed by atoms with Crippen LogP contribution in [-0.4, -0.2) is 12.6 Å². The van der Waals surface area contributed by atoms with Gasteiger partial charge in [-0.15, -0.1) is 11.3 Å². The highest BCUT2D eigenvalue weighted by molar-refractivity contribution is 7.09. The van der Waals surface area contributed by atoms with Crippen LogP contribution in [0.2, 0.25) is 0 Å².